The molecule has 0 atom stereocenters. The number of benzene rings is 1. The molecule has 1 amide bonds. The number of nitrogen functional groups attached to an aromatic ring is 1. The van der Waals surface area contributed by atoms with Gasteiger partial charge in [-0.15, -0.1) is 0 Å². The van der Waals surface area contributed by atoms with Gasteiger partial charge in [-0.1, -0.05) is 0 Å². The number of carbonyl (C=O) groups excluding carboxylic acids is 1. The van der Waals surface area contributed by atoms with E-state index in [-0.39, 0.29) is 15.8 Å². The molecule has 0 aromatic heterocycles. The fourth-order valence-electron chi connectivity index (χ4n) is 1.30. The highest BCUT2D eigenvalue weighted by Crippen LogP contribution is 2.40. The van der Waals surface area contributed by atoms with E-state index in [2.05, 4.69) is 15.9 Å². The Labute approximate surface area is 117 Å². The predicted octanol–water partition coefficient (Wildman–Crippen LogP) is 3.71. The van der Waals surface area contributed by atoms with Crippen LogP contribution in [0, 0.1) is 5.92 Å². The minimum Gasteiger partial charge on any atom is -0.398 e. The standard InChI is InChI=1S/C10H7BrF6N2O/c11-5-3-4(1-2-6(5)18)19-8(20)7(9(12,13)14)10(15,16)17/h1-3,7H,18H2,(H,19,20). The molecule has 1 aromatic rings. The van der Waals surface area contributed by atoms with Crippen LogP contribution >= 0.6 is 15.9 Å². The minimum atomic E-state index is -5.73. The number of nitrogens with one attached hydrogen (secondary N) is 1. The Morgan fingerprint density at radius 2 is 1.65 bits per heavy atom. The molecule has 1 aromatic carbocycles. The number of amides is 1. The minimum absolute atomic E-state index is 0.214. The molecule has 0 aliphatic rings. The summed E-state index contributed by atoms with van der Waals surface area (Å²) >= 11 is 2.93. The summed E-state index contributed by atoms with van der Waals surface area (Å²) in [6.45, 7) is 0. The molecule has 0 saturated carbocycles. The van der Waals surface area contributed by atoms with Crippen LogP contribution in [-0.4, -0.2) is 18.3 Å². The van der Waals surface area contributed by atoms with Crippen LogP contribution in [0.2, 0.25) is 0 Å². The quantitative estimate of drug-likeness (QED) is 0.620. The fraction of sp³-hybridized carbons (Fsp3) is 0.300. The second-order valence-corrected chi connectivity index (χ2v) is 4.60. The molecule has 0 spiro atoms. The average Bonchev–Trinajstić information content (AvgIpc) is 2.18. The van der Waals surface area contributed by atoms with Gasteiger partial charge in [0.15, 0.2) is 0 Å². The molecule has 0 unspecified atom stereocenters. The van der Waals surface area contributed by atoms with Crippen molar-refractivity contribution in [1.29, 1.82) is 0 Å². The largest absolute Gasteiger partial charge is 0.409 e. The van der Waals surface area contributed by atoms with E-state index in [9.17, 15) is 31.1 Å². The Kier molecular flexibility index (Phi) is 4.57. The molecule has 112 valence electrons. The lowest BCUT2D eigenvalue weighted by Gasteiger charge is -2.22. The van der Waals surface area contributed by atoms with Crippen molar-refractivity contribution in [1.82, 2.24) is 0 Å². The molecule has 10 heteroatoms. The third-order valence-electron chi connectivity index (χ3n) is 2.18. The number of halogens is 7. The Morgan fingerprint density at radius 1 is 1.15 bits per heavy atom. The van der Waals surface area contributed by atoms with Crippen LogP contribution in [0.15, 0.2) is 22.7 Å². The highest BCUT2D eigenvalue weighted by molar-refractivity contribution is 9.10. The zero-order valence-electron chi connectivity index (χ0n) is 9.44. The number of alkyl halides is 6. The highest BCUT2D eigenvalue weighted by Gasteiger charge is 2.61. The van der Waals surface area contributed by atoms with E-state index < -0.39 is 24.2 Å². The van der Waals surface area contributed by atoms with Crippen molar-refractivity contribution < 1.29 is 31.1 Å². The normalized spacial score (nSPS) is 12.6. The summed E-state index contributed by atoms with van der Waals surface area (Å²) < 4.78 is 74.0. The van der Waals surface area contributed by atoms with E-state index in [0.717, 1.165) is 12.1 Å². The molecular formula is C10H7BrF6N2O. The van der Waals surface area contributed by atoms with Crippen molar-refractivity contribution in [3.63, 3.8) is 0 Å². The Bertz CT molecular complexity index is 499. The van der Waals surface area contributed by atoms with E-state index in [1.165, 1.54) is 6.07 Å². The second-order valence-electron chi connectivity index (χ2n) is 3.74. The van der Waals surface area contributed by atoms with Crippen LogP contribution < -0.4 is 11.1 Å². The van der Waals surface area contributed by atoms with E-state index in [1.807, 2.05) is 0 Å². The molecule has 1 rings (SSSR count). The van der Waals surface area contributed by atoms with Gasteiger partial charge in [-0.3, -0.25) is 4.79 Å². The predicted molar refractivity (Wildman–Crippen MR) is 62.8 cm³/mol. The number of rotatable bonds is 2. The van der Waals surface area contributed by atoms with Crippen molar-refractivity contribution >= 4 is 33.2 Å². The molecular weight excluding hydrogens is 358 g/mol. The summed E-state index contributed by atoms with van der Waals surface area (Å²) in [4.78, 5) is 11.2. The van der Waals surface area contributed by atoms with Crippen molar-refractivity contribution in [3.05, 3.63) is 22.7 Å². The van der Waals surface area contributed by atoms with Gasteiger partial charge in [0.2, 0.25) is 11.8 Å². The fourth-order valence-corrected chi connectivity index (χ4v) is 1.68. The first-order valence-electron chi connectivity index (χ1n) is 4.92. The molecule has 0 aliphatic carbocycles. The summed E-state index contributed by atoms with van der Waals surface area (Å²) in [6.07, 6.45) is -11.5. The lowest BCUT2D eigenvalue weighted by Crippen LogP contribution is -2.45. The maximum absolute atomic E-state index is 12.3. The summed E-state index contributed by atoms with van der Waals surface area (Å²) in [5, 5.41) is 1.56. The van der Waals surface area contributed by atoms with E-state index in [1.54, 1.807) is 5.32 Å². The third-order valence-corrected chi connectivity index (χ3v) is 2.87. The zero-order valence-corrected chi connectivity index (χ0v) is 11.0. The first kappa shape index (κ1) is 16.6. The van der Waals surface area contributed by atoms with Gasteiger partial charge in [0.05, 0.1) is 0 Å². The summed E-state index contributed by atoms with van der Waals surface area (Å²) in [5.74, 6) is -6.30. The van der Waals surface area contributed by atoms with Crippen molar-refractivity contribution in [2.24, 2.45) is 5.92 Å². The third kappa shape index (κ3) is 4.02. The first-order chi connectivity index (χ1) is 8.93. The van der Waals surface area contributed by atoms with Crippen molar-refractivity contribution in [2.75, 3.05) is 11.1 Å². The van der Waals surface area contributed by atoms with Gasteiger partial charge in [-0.25, -0.2) is 0 Å². The van der Waals surface area contributed by atoms with E-state index in [0.29, 0.717) is 0 Å². The lowest BCUT2D eigenvalue weighted by molar-refractivity contribution is -0.272. The van der Waals surface area contributed by atoms with Gasteiger partial charge in [0.25, 0.3) is 0 Å². The average molecular weight is 365 g/mol. The van der Waals surface area contributed by atoms with Gasteiger partial charge in [0, 0.05) is 15.8 Å². The molecule has 0 fully saturated rings. The van der Waals surface area contributed by atoms with Crippen LogP contribution in [0.3, 0.4) is 0 Å². The molecule has 0 heterocycles. The van der Waals surface area contributed by atoms with Crippen molar-refractivity contribution in [2.45, 2.75) is 12.4 Å². The van der Waals surface area contributed by atoms with Crippen LogP contribution in [-0.2, 0) is 4.79 Å². The highest BCUT2D eigenvalue weighted by atomic mass is 79.9. The zero-order chi connectivity index (χ0) is 15.7. The number of anilines is 2. The molecule has 0 bridgehead atoms. The van der Waals surface area contributed by atoms with Gasteiger partial charge >= 0.3 is 12.4 Å². The molecule has 3 N–H and O–H groups in total. The van der Waals surface area contributed by atoms with Gasteiger partial charge in [-0.2, -0.15) is 26.3 Å². The van der Waals surface area contributed by atoms with Gasteiger partial charge in [-0.05, 0) is 34.1 Å². The Morgan fingerprint density at radius 3 is 2.05 bits per heavy atom. The molecule has 0 aliphatic heterocycles. The van der Waals surface area contributed by atoms with E-state index in [4.69, 9.17) is 5.73 Å². The number of nitrogens with two attached hydrogens (primary N) is 1. The summed E-state index contributed by atoms with van der Waals surface area (Å²) in [6, 6.07) is 3.40. The SMILES string of the molecule is Nc1ccc(NC(=O)C(C(F)(F)F)C(F)(F)F)cc1Br. The van der Waals surface area contributed by atoms with Crippen LogP contribution in [0.25, 0.3) is 0 Å². The molecule has 3 nitrogen and oxygen atoms in total. The van der Waals surface area contributed by atoms with Crippen LogP contribution in [0.5, 0.6) is 0 Å². The summed E-state index contributed by atoms with van der Waals surface area (Å²) in [5.41, 5.74) is 5.37. The molecule has 0 radical (unpaired) electrons. The smallest absolute Gasteiger partial charge is 0.398 e. The maximum Gasteiger partial charge on any atom is 0.409 e. The van der Waals surface area contributed by atoms with Gasteiger partial charge in [0.1, 0.15) is 0 Å². The Balaban J connectivity index is 3.00. The number of carbonyl (C=O) groups is 1. The Hall–Kier alpha value is -1.45. The monoisotopic (exact) mass is 364 g/mol. The van der Waals surface area contributed by atoms with Crippen LogP contribution in [0.4, 0.5) is 37.7 Å². The molecule has 20 heavy (non-hydrogen) atoms. The lowest BCUT2D eigenvalue weighted by atomic mass is 10.1. The van der Waals surface area contributed by atoms with Crippen molar-refractivity contribution in [3.8, 4) is 0 Å². The number of hydrogen-bond donors (Lipinski definition) is 2. The maximum atomic E-state index is 12.3. The summed E-state index contributed by atoms with van der Waals surface area (Å²) in [7, 11) is 0. The number of hydrogen-bond acceptors (Lipinski definition) is 2. The second kappa shape index (κ2) is 5.51. The van der Waals surface area contributed by atoms with E-state index >= 15 is 0 Å². The molecule has 0 saturated heterocycles. The van der Waals surface area contributed by atoms with Gasteiger partial charge < -0.3 is 11.1 Å². The topological polar surface area (TPSA) is 55.1 Å². The first-order valence-corrected chi connectivity index (χ1v) is 5.71. The van der Waals surface area contributed by atoms with Crippen LogP contribution in [0.1, 0.15) is 0 Å².